The summed E-state index contributed by atoms with van der Waals surface area (Å²) in [6.07, 6.45) is -1.22. The molecule has 0 bridgehead atoms. The van der Waals surface area contributed by atoms with Gasteiger partial charge in [0.2, 0.25) is 5.95 Å². The lowest BCUT2D eigenvalue weighted by Gasteiger charge is -2.03. The highest BCUT2D eigenvalue weighted by Gasteiger charge is 2.00. The summed E-state index contributed by atoms with van der Waals surface area (Å²) in [6, 6.07) is 1.56. The van der Waals surface area contributed by atoms with E-state index in [0.29, 0.717) is 5.69 Å². The number of hydrogen-bond donors (Lipinski definition) is 3. The van der Waals surface area contributed by atoms with Gasteiger partial charge in [-0.3, -0.25) is 5.43 Å². The maximum Gasteiger partial charge on any atom is 0.423 e. The number of aromatic nitrogens is 2. The van der Waals surface area contributed by atoms with E-state index in [-0.39, 0.29) is 11.1 Å². The van der Waals surface area contributed by atoms with Crippen LogP contribution in [0.5, 0.6) is 0 Å². The summed E-state index contributed by atoms with van der Waals surface area (Å²) in [5, 5.41) is 8.50. The number of nitrogens with zero attached hydrogens (tertiary/aromatic N) is 2. The van der Waals surface area contributed by atoms with E-state index >= 15 is 0 Å². The summed E-state index contributed by atoms with van der Waals surface area (Å²) in [7, 11) is 0. The Labute approximate surface area is 78.9 Å². The zero-order chi connectivity index (χ0) is 9.84. The van der Waals surface area contributed by atoms with Crippen molar-refractivity contribution in [2.75, 3.05) is 5.43 Å². The quantitative estimate of drug-likeness (QED) is 0.493. The minimum atomic E-state index is -1.22. The van der Waals surface area contributed by atoms with E-state index in [2.05, 4.69) is 15.4 Å². The van der Waals surface area contributed by atoms with Crippen LogP contribution in [0.2, 0.25) is 5.15 Å². The molecule has 3 N–H and O–H groups in total. The van der Waals surface area contributed by atoms with Crippen LogP contribution in [-0.2, 0) is 0 Å². The van der Waals surface area contributed by atoms with Gasteiger partial charge in [-0.1, -0.05) is 11.6 Å². The van der Waals surface area contributed by atoms with Crippen molar-refractivity contribution in [2.45, 2.75) is 6.92 Å². The summed E-state index contributed by atoms with van der Waals surface area (Å²) in [5.41, 5.74) is 4.82. The number of carbonyl (C=O) groups is 1. The smallest absolute Gasteiger partial charge is 0.423 e. The van der Waals surface area contributed by atoms with Crippen molar-refractivity contribution in [2.24, 2.45) is 0 Å². The van der Waals surface area contributed by atoms with Gasteiger partial charge in [-0.25, -0.2) is 15.2 Å². The number of hydrogen-bond acceptors (Lipinski definition) is 4. The predicted molar refractivity (Wildman–Crippen MR) is 46.6 cm³/mol. The molecule has 1 amide bonds. The van der Waals surface area contributed by atoms with Gasteiger partial charge in [0.15, 0.2) is 0 Å². The molecule has 0 saturated heterocycles. The summed E-state index contributed by atoms with van der Waals surface area (Å²) >= 11 is 5.60. The molecule has 1 aromatic rings. The van der Waals surface area contributed by atoms with Gasteiger partial charge in [-0.05, 0) is 13.0 Å². The third kappa shape index (κ3) is 3.12. The first-order valence-corrected chi connectivity index (χ1v) is 3.72. The van der Waals surface area contributed by atoms with E-state index in [1.54, 1.807) is 13.0 Å². The average molecular weight is 203 g/mol. The molecule has 0 radical (unpaired) electrons. The van der Waals surface area contributed by atoms with Crippen LogP contribution in [-0.4, -0.2) is 21.2 Å². The predicted octanol–water partition coefficient (Wildman–Crippen LogP) is 1.03. The maximum atomic E-state index is 10.1. The number of aryl methyl sites for hydroxylation is 1. The van der Waals surface area contributed by atoms with Gasteiger partial charge in [0.05, 0.1) is 0 Å². The van der Waals surface area contributed by atoms with Crippen molar-refractivity contribution in [1.82, 2.24) is 15.4 Å². The standard InChI is InChI=1S/C6H7ClN4O2/c1-3-2-4(7)9-5(8-3)10-11-6(12)13/h2,11H,1H3,(H,12,13)(H,8,9,10). The highest BCUT2D eigenvalue weighted by atomic mass is 35.5. The molecule has 1 aromatic heterocycles. The van der Waals surface area contributed by atoms with Crippen LogP contribution in [0.1, 0.15) is 5.69 Å². The Bertz CT molecular complexity index is 310. The Balaban J connectivity index is 2.71. The van der Waals surface area contributed by atoms with Crippen molar-refractivity contribution in [3.63, 3.8) is 0 Å². The molecule has 0 aromatic carbocycles. The van der Waals surface area contributed by atoms with Gasteiger partial charge >= 0.3 is 6.09 Å². The number of halogens is 1. The van der Waals surface area contributed by atoms with Crippen molar-refractivity contribution < 1.29 is 9.90 Å². The first-order valence-electron chi connectivity index (χ1n) is 3.34. The summed E-state index contributed by atoms with van der Waals surface area (Å²) in [4.78, 5) is 17.7. The summed E-state index contributed by atoms with van der Waals surface area (Å²) in [6.45, 7) is 1.72. The molecule has 1 heterocycles. The van der Waals surface area contributed by atoms with Crippen molar-refractivity contribution in [1.29, 1.82) is 0 Å². The first kappa shape index (κ1) is 9.53. The van der Waals surface area contributed by atoms with Gasteiger partial charge in [0, 0.05) is 5.69 Å². The topological polar surface area (TPSA) is 87.1 Å². The van der Waals surface area contributed by atoms with Crippen molar-refractivity contribution >= 4 is 23.6 Å². The molecule has 0 saturated carbocycles. The largest absolute Gasteiger partial charge is 0.464 e. The molecule has 70 valence electrons. The molecule has 0 unspecified atom stereocenters. The zero-order valence-corrected chi connectivity index (χ0v) is 7.46. The van der Waals surface area contributed by atoms with Crippen LogP contribution in [0.15, 0.2) is 6.07 Å². The fourth-order valence-corrected chi connectivity index (χ4v) is 0.933. The molecule has 6 nitrogen and oxygen atoms in total. The second-order valence-electron chi connectivity index (χ2n) is 2.21. The number of carboxylic acid groups (broad SMARTS) is 1. The third-order valence-corrected chi connectivity index (χ3v) is 1.30. The monoisotopic (exact) mass is 202 g/mol. The number of rotatable bonds is 2. The number of nitrogens with one attached hydrogen (secondary N) is 2. The number of amides is 1. The second-order valence-corrected chi connectivity index (χ2v) is 2.60. The Hall–Kier alpha value is -1.56. The Kier molecular flexibility index (Phi) is 2.86. The van der Waals surface area contributed by atoms with Gasteiger partial charge in [0.25, 0.3) is 0 Å². The highest BCUT2D eigenvalue weighted by molar-refractivity contribution is 6.29. The normalized spacial score (nSPS) is 9.38. The van der Waals surface area contributed by atoms with E-state index in [9.17, 15) is 4.79 Å². The lowest BCUT2D eigenvalue weighted by Crippen LogP contribution is -2.28. The van der Waals surface area contributed by atoms with Gasteiger partial charge in [0.1, 0.15) is 5.15 Å². The van der Waals surface area contributed by atoms with Gasteiger partial charge < -0.3 is 5.11 Å². The fourth-order valence-electron chi connectivity index (χ4n) is 0.695. The third-order valence-electron chi connectivity index (χ3n) is 1.10. The molecule has 7 heteroatoms. The zero-order valence-electron chi connectivity index (χ0n) is 6.71. The average Bonchev–Trinajstić information content (AvgIpc) is 1.99. The second kappa shape index (κ2) is 3.90. The van der Waals surface area contributed by atoms with E-state index < -0.39 is 6.09 Å². The van der Waals surface area contributed by atoms with E-state index in [1.165, 1.54) is 0 Å². The number of hydrazine groups is 1. The van der Waals surface area contributed by atoms with E-state index in [4.69, 9.17) is 16.7 Å². The molecule has 0 spiro atoms. The SMILES string of the molecule is Cc1cc(Cl)nc(NNC(=O)O)n1. The minimum absolute atomic E-state index is 0.118. The van der Waals surface area contributed by atoms with Crippen LogP contribution in [0, 0.1) is 6.92 Å². The van der Waals surface area contributed by atoms with E-state index in [1.807, 2.05) is 5.43 Å². The molecule has 13 heavy (non-hydrogen) atoms. The molecule has 0 aliphatic carbocycles. The number of anilines is 1. The summed E-state index contributed by atoms with van der Waals surface area (Å²) in [5.74, 6) is 0.118. The molecule has 0 aliphatic heterocycles. The van der Waals surface area contributed by atoms with Crippen molar-refractivity contribution in [3.8, 4) is 0 Å². The van der Waals surface area contributed by atoms with Crippen LogP contribution >= 0.6 is 11.6 Å². The Morgan fingerprint density at radius 1 is 1.62 bits per heavy atom. The molecule has 0 aliphatic rings. The minimum Gasteiger partial charge on any atom is -0.464 e. The summed E-state index contributed by atoms with van der Waals surface area (Å²) < 4.78 is 0. The molecule has 1 rings (SSSR count). The van der Waals surface area contributed by atoms with Crippen molar-refractivity contribution in [3.05, 3.63) is 16.9 Å². The lowest BCUT2D eigenvalue weighted by atomic mass is 10.5. The molecular weight excluding hydrogens is 196 g/mol. The van der Waals surface area contributed by atoms with Crippen LogP contribution in [0.4, 0.5) is 10.7 Å². The van der Waals surface area contributed by atoms with E-state index in [0.717, 1.165) is 0 Å². The van der Waals surface area contributed by atoms with Gasteiger partial charge in [-0.15, -0.1) is 0 Å². The molecule has 0 fully saturated rings. The molecule has 0 atom stereocenters. The highest BCUT2D eigenvalue weighted by Crippen LogP contribution is 2.08. The van der Waals surface area contributed by atoms with Crippen LogP contribution < -0.4 is 10.9 Å². The lowest BCUT2D eigenvalue weighted by molar-refractivity contribution is 0.196. The first-order chi connectivity index (χ1) is 6.08. The fraction of sp³-hybridized carbons (Fsp3) is 0.167. The van der Waals surface area contributed by atoms with Crippen LogP contribution in [0.25, 0.3) is 0 Å². The Morgan fingerprint density at radius 2 is 2.31 bits per heavy atom. The Morgan fingerprint density at radius 3 is 2.85 bits per heavy atom. The maximum absolute atomic E-state index is 10.1. The van der Waals surface area contributed by atoms with Gasteiger partial charge in [-0.2, -0.15) is 4.98 Å². The van der Waals surface area contributed by atoms with Crippen LogP contribution in [0.3, 0.4) is 0 Å². The molecular formula is C6H7ClN4O2.